The largest absolute Gasteiger partial charge is 0.357 e. The van der Waals surface area contributed by atoms with Gasteiger partial charge in [0.2, 0.25) is 0 Å². The lowest BCUT2D eigenvalue weighted by atomic mass is 10.2. The molecule has 0 aliphatic carbocycles. The maximum Gasteiger partial charge on any atom is 0.128 e. The van der Waals surface area contributed by atoms with E-state index in [1.165, 1.54) is 18.9 Å². The second-order valence-corrected chi connectivity index (χ2v) is 6.60. The van der Waals surface area contributed by atoms with Crippen LogP contribution in [0.5, 0.6) is 0 Å². The van der Waals surface area contributed by atoms with Crippen LogP contribution in [0, 0.1) is 12.7 Å². The van der Waals surface area contributed by atoms with Crippen LogP contribution in [0.15, 0.2) is 36.5 Å². The third-order valence-electron chi connectivity index (χ3n) is 5.04. The van der Waals surface area contributed by atoms with Crippen LogP contribution in [-0.2, 0) is 0 Å². The van der Waals surface area contributed by atoms with E-state index in [1.54, 1.807) is 12.3 Å². The summed E-state index contributed by atoms with van der Waals surface area (Å²) in [6, 6.07) is 9.03. The van der Waals surface area contributed by atoms with Crippen molar-refractivity contribution in [1.82, 2.24) is 19.7 Å². The fourth-order valence-corrected chi connectivity index (χ4v) is 3.84. The molecule has 0 amide bonds. The number of aromatic amines is 1. The van der Waals surface area contributed by atoms with Gasteiger partial charge in [0.15, 0.2) is 0 Å². The van der Waals surface area contributed by atoms with Gasteiger partial charge in [-0.1, -0.05) is 0 Å². The van der Waals surface area contributed by atoms with Crippen LogP contribution < -0.4 is 4.90 Å². The average molecular weight is 335 g/mol. The Kier molecular flexibility index (Phi) is 3.07. The minimum absolute atomic E-state index is 0.250. The van der Waals surface area contributed by atoms with Gasteiger partial charge in [-0.3, -0.25) is 5.10 Å². The van der Waals surface area contributed by atoms with E-state index in [1.807, 2.05) is 13.0 Å². The quantitative estimate of drug-likeness (QED) is 0.603. The summed E-state index contributed by atoms with van der Waals surface area (Å²) in [6.45, 7) is 4.17. The molecule has 0 bridgehead atoms. The highest BCUT2D eigenvalue weighted by Crippen LogP contribution is 2.32. The Balaban J connectivity index is 1.73. The van der Waals surface area contributed by atoms with Gasteiger partial charge in [-0.05, 0) is 50.1 Å². The Morgan fingerprint density at radius 1 is 1.08 bits per heavy atom. The van der Waals surface area contributed by atoms with Gasteiger partial charge in [0.1, 0.15) is 11.6 Å². The molecule has 3 aromatic heterocycles. The highest BCUT2D eigenvalue weighted by molar-refractivity contribution is 6.06. The number of pyridine rings is 1. The lowest BCUT2D eigenvalue weighted by Gasteiger charge is -2.18. The zero-order chi connectivity index (χ0) is 17.0. The highest BCUT2D eigenvalue weighted by Gasteiger charge is 2.18. The third-order valence-corrected chi connectivity index (χ3v) is 5.04. The van der Waals surface area contributed by atoms with Gasteiger partial charge >= 0.3 is 0 Å². The van der Waals surface area contributed by atoms with Crippen molar-refractivity contribution in [3.8, 4) is 5.69 Å². The van der Waals surface area contributed by atoms with E-state index < -0.39 is 0 Å². The van der Waals surface area contributed by atoms with Crippen LogP contribution in [0.2, 0.25) is 0 Å². The molecule has 6 heteroatoms. The molecule has 4 heterocycles. The first kappa shape index (κ1) is 14.5. The van der Waals surface area contributed by atoms with Crippen LogP contribution in [0.1, 0.15) is 18.5 Å². The van der Waals surface area contributed by atoms with Crippen LogP contribution >= 0.6 is 0 Å². The van der Waals surface area contributed by atoms with Crippen LogP contribution in [0.4, 0.5) is 10.2 Å². The van der Waals surface area contributed by atoms with E-state index in [0.29, 0.717) is 0 Å². The maximum atomic E-state index is 13.7. The second kappa shape index (κ2) is 5.31. The van der Waals surface area contributed by atoms with Crippen molar-refractivity contribution in [3.63, 3.8) is 0 Å². The van der Waals surface area contributed by atoms with Crippen molar-refractivity contribution >= 4 is 27.8 Å². The minimum Gasteiger partial charge on any atom is -0.357 e. The number of benzene rings is 1. The normalized spacial score (nSPS) is 14.9. The molecule has 0 atom stereocenters. The number of nitrogens with zero attached hydrogens (tertiary/aromatic N) is 4. The number of rotatable bonds is 2. The third kappa shape index (κ3) is 2.13. The standard InChI is InChI=1S/C19H18FN5/c1-12-15(6-7-18(22-12)24-8-2-3-9-24)25-16-5-4-13(20)10-14(16)19-17(25)11-21-23-19/h4-7,10-11H,2-3,8-9H2,1H3,(H,21,23). The smallest absolute Gasteiger partial charge is 0.128 e. The maximum absolute atomic E-state index is 13.7. The number of H-pyrrole nitrogens is 1. The molecule has 1 fully saturated rings. The number of halogens is 1. The SMILES string of the molecule is Cc1nc(N2CCCC2)ccc1-n1c2ccc(F)cc2c2[nH]ncc21. The molecule has 1 aliphatic heterocycles. The summed E-state index contributed by atoms with van der Waals surface area (Å²) in [6.07, 6.45) is 4.24. The molecule has 4 aromatic rings. The number of nitrogens with one attached hydrogen (secondary N) is 1. The molecule has 0 radical (unpaired) electrons. The van der Waals surface area contributed by atoms with Gasteiger partial charge in [0, 0.05) is 18.5 Å². The van der Waals surface area contributed by atoms with Crippen molar-refractivity contribution < 1.29 is 4.39 Å². The van der Waals surface area contributed by atoms with E-state index in [0.717, 1.165) is 52.2 Å². The van der Waals surface area contributed by atoms with E-state index in [9.17, 15) is 4.39 Å². The molecule has 0 spiro atoms. The van der Waals surface area contributed by atoms with Gasteiger partial charge in [0.05, 0.1) is 34.1 Å². The summed E-state index contributed by atoms with van der Waals surface area (Å²) in [5.41, 5.74) is 4.67. The summed E-state index contributed by atoms with van der Waals surface area (Å²) in [5.74, 6) is 0.782. The number of fused-ring (bicyclic) bond motifs is 3. The summed E-state index contributed by atoms with van der Waals surface area (Å²) >= 11 is 0. The zero-order valence-electron chi connectivity index (χ0n) is 14.0. The Morgan fingerprint density at radius 3 is 2.72 bits per heavy atom. The Hall–Kier alpha value is -2.89. The molecule has 0 unspecified atom stereocenters. The first-order chi connectivity index (χ1) is 12.2. The van der Waals surface area contributed by atoms with Crippen molar-refractivity contribution in [1.29, 1.82) is 0 Å². The van der Waals surface area contributed by atoms with Gasteiger partial charge in [-0.2, -0.15) is 5.10 Å². The second-order valence-electron chi connectivity index (χ2n) is 6.60. The van der Waals surface area contributed by atoms with Crippen molar-refractivity contribution in [3.05, 3.63) is 48.0 Å². The number of anilines is 1. The first-order valence-corrected chi connectivity index (χ1v) is 8.58. The average Bonchev–Trinajstić information content (AvgIpc) is 3.33. The molecule has 1 saturated heterocycles. The van der Waals surface area contributed by atoms with Crippen molar-refractivity contribution in [2.75, 3.05) is 18.0 Å². The number of aryl methyl sites for hydroxylation is 1. The fourth-order valence-electron chi connectivity index (χ4n) is 3.84. The van der Waals surface area contributed by atoms with Gasteiger partial charge in [-0.15, -0.1) is 0 Å². The fraction of sp³-hybridized carbons (Fsp3) is 0.263. The van der Waals surface area contributed by atoms with Crippen LogP contribution in [-0.4, -0.2) is 32.8 Å². The van der Waals surface area contributed by atoms with E-state index >= 15 is 0 Å². The number of hydrogen-bond acceptors (Lipinski definition) is 3. The zero-order valence-corrected chi connectivity index (χ0v) is 14.0. The van der Waals surface area contributed by atoms with E-state index in [4.69, 9.17) is 4.98 Å². The Bertz CT molecular complexity index is 1090. The van der Waals surface area contributed by atoms with E-state index in [2.05, 4.69) is 31.8 Å². The summed E-state index contributed by atoms with van der Waals surface area (Å²) in [5, 5.41) is 7.96. The van der Waals surface area contributed by atoms with Gasteiger partial charge < -0.3 is 9.47 Å². The molecule has 5 rings (SSSR count). The number of aromatic nitrogens is 4. The first-order valence-electron chi connectivity index (χ1n) is 8.58. The van der Waals surface area contributed by atoms with Crippen molar-refractivity contribution in [2.45, 2.75) is 19.8 Å². The summed E-state index contributed by atoms with van der Waals surface area (Å²) in [7, 11) is 0. The van der Waals surface area contributed by atoms with Crippen LogP contribution in [0.3, 0.4) is 0 Å². The minimum atomic E-state index is -0.250. The predicted octanol–water partition coefficient (Wildman–Crippen LogP) is 3.95. The molecular weight excluding hydrogens is 317 g/mol. The molecular formula is C19H18FN5. The molecule has 1 aromatic carbocycles. The molecule has 1 N–H and O–H groups in total. The Morgan fingerprint density at radius 2 is 1.92 bits per heavy atom. The Labute approximate surface area is 144 Å². The van der Waals surface area contributed by atoms with Crippen LogP contribution in [0.25, 0.3) is 27.6 Å². The van der Waals surface area contributed by atoms with E-state index in [-0.39, 0.29) is 5.82 Å². The molecule has 126 valence electrons. The predicted molar refractivity (Wildman–Crippen MR) is 96.9 cm³/mol. The van der Waals surface area contributed by atoms with Gasteiger partial charge in [-0.25, -0.2) is 9.37 Å². The lowest BCUT2D eigenvalue weighted by Crippen LogP contribution is -2.19. The monoisotopic (exact) mass is 335 g/mol. The molecule has 25 heavy (non-hydrogen) atoms. The highest BCUT2D eigenvalue weighted by atomic mass is 19.1. The van der Waals surface area contributed by atoms with Crippen molar-refractivity contribution in [2.24, 2.45) is 0 Å². The lowest BCUT2D eigenvalue weighted by molar-refractivity contribution is 0.629. The molecule has 0 saturated carbocycles. The summed E-state index contributed by atoms with van der Waals surface area (Å²) < 4.78 is 15.8. The number of hydrogen-bond donors (Lipinski definition) is 1. The molecule has 5 nitrogen and oxygen atoms in total. The van der Waals surface area contributed by atoms with Gasteiger partial charge in [0.25, 0.3) is 0 Å². The molecule has 1 aliphatic rings. The summed E-state index contributed by atoms with van der Waals surface area (Å²) in [4.78, 5) is 7.15. The topological polar surface area (TPSA) is 49.7 Å².